The highest BCUT2D eigenvalue weighted by Crippen LogP contribution is 2.31. The van der Waals surface area contributed by atoms with Gasteiger partial charge in [-0.3, -0.25) is 0 Å². The standard InChI is InChI=1S/C16H22O4/c1-4-13-15(20-16(2,3)19-13)14(10-17)18-11-12-8-6-5-7-9-12/h4-9,13-15,17H,1,10-11H2,2-3H3/t13-,14+,15-/m0/s1. The second kappa shape index (κ2) is 6.50. The van der Waals surface area contributed by atoms with E-state index in [1.54, 1.807) is 6.08 Å². The van der Waals surface area contributed by atoms with Crippen LogP contribution >= 0.6 is 0 Å². The first kappa shape index (κ1) is 15.2. The minimum absolute atomic E-state index is 0.124. The molecule has 4 heteroatoms. The van der Waals surface area contributed by atoms with Crippen molar-refractivity contribution in [1.29, 1.82) is 0 Å². The minimum atomic E-state index is -0.687. The average Bonchev–Trinajstić information content (AvgIpc) is 2.76. The topological polar surface area (TPSA) is 47.9 Å². The van der Waals surface area contributed by atoms with Gasteiger partial charge in [0.2, 0.25) is 0 Å². The maximum Gasteiger partial charge on any atom is 0.164 e. The van der Waals surface area contributed by atoms with Gasteiger partial charge in [-0.05, 0) is 19.4 Å². The van der Waals surface area contributed by atoms with Gasteiger partial charge in [0.15, 0.2) is 5.79 Å². The number of aliphatic hydroxyl groups is 1. The second-order valence-corrected chi connectivity index (χ2v) is 5.32. The molecular formula is C16H22O4. The van der Waals surface area contributed by atoms with Crippen molar-refractivity contribution in [2.45, 2.75) is 44.6 Å². The predicted molar refractivity (Wildman–Crippen MR) is 76.1 cm³/mol. The Balaban J connectivity index is 1.99. The first-order valence-corrected chi connectivity index (χ1v) is 6.80. The third kappa shape index (κ3) is 3.67. The molecule has 0 spiro atoms. The van der Waals surface area contributed by atoms with E-state index in [0.29, 0.717) is 6.61 Å². The molecule has 3 atom stereocenters. The van der Waals surface area contributed by atoms with E-state index in [9.17, 15) is 5.11 Å². The van der Waals surface area contributed by atoms with Crippen molar-refractivity contribution in [3.63, 3.8) is 0 Å². The molecule has 1 N–H and O–H groups in total. The molecule has 20 heavy (non-hydrogen) atoms. The quantitative estimate of drug-likeness (QED) is 0.811. The van der Waals surface area contributed by atoms with E-state index < -0.39 is 11.9 Å². The Hall–Kier alpha value is -1.20. The van der Waals surface area contributed by atoms with Crippen molar-refractivity contribution in [3.8, 4) is 0 Å². The second-order valence-electron chi connectivity index (χ2n) is 5.32. The Kier molecular flexibility index (Phi) is 4.94. The monoisotopic (exact) mass is 278 g/mol. The Labute approximate surface area is 120 Å². The van der Waals surface area contributed by atoms with Gasteiger partial charge in [0.05, 0.1) is 13.2 Å². The fourth-order valence-corrected chi connectivity index (χ4v) is 2.32. The summed E-state index contributed by atoms with van der Waals surface area (Å²) in [6.45, 7) is 7.74. The third-order valence-corrected chi connectivity index (χ3v) is 3.25. The summed E-state index contributed by atoms with van der Waals surface area (Å²) in [4.78, 5) is 0. The Morgan fingerprint density at radius 2 is 2.05 bits per heavy atom. The fourth-order valence-electron chi connectivity index (χ4n) is 2.32. The van der Waals surface area contributed by atoms with E-state index >= 15 is 0 Å². The van der Waals surface area contributed by atoms with Crippen LogP contribution in [0.3, 0.4) is 0 Å². The van der Waals surface area contributed by atoms with Crippen LogP contribution in [-0.2, 0) is 20.8 Å². The van der Waals surface area contributed by atoms with Crippen LogP contribution in [0.1, 0.15) is 19.4 Å². The lowest BCUT2D eigenvalue weighted by Crippen LogP contribution is -2.39. The van der Waals surface area contributed by atoms with E-state index in [4.69, 9.17) is 14.2 Å². The lowest BCUT2D eigenvalue weighted by Gasteiger charge is -2.24. The van der Waals surface area contributed by atoms with Crippen molar-refractivity contribution in [3.05, 3.63) is 48.6 Å². The molecule has 0 amide bonds. The van der Waals surface area contributed by atoms with Crippen LogP contribution in [-0.4, -0.2) is 35.8 Å². The van der Waals surface area contributed by atoms with E-state index in [1.807, 2.05) is 44.2 Å². The van der Waals surface area contributed by atoms with Gasteiger partial charge in [-0.1, -0.05) is 36.4 Å². The smallest absolute Gasteiger partial charge is 0.164 e. The average molecular weight is 278 g/mol. The zero-order valence-corrected chi connectivity index (χ0v) is 12.0. The molecule has 1 heterocycles. The summed E-state index contributed by atoms with van der Waals surface area (Å²) < 4.78 is 17.3. The third-order valence-electron chi connectivity index (χ3n) is 3.25. The van der Waals surface area contributed by atoms with Crippen LogP contribution in [0, 0.1) is 0 Å². The molecule has 0 bridgehead atoms. The normalized spacial score (nSPS) is 26.4. The van der Waals surface area contributed by atoms with Gasteiger partial charge in [0, 0.05) is 0 Å². The first-order chi connectivity index (χ1) is 9.55. The fraction of sp³-hybridized carbons (Fsp3) is 0.500. The maximum atomic E-state index is 9.55. The molecule has 110 valence electrons. The Bertz CT molecular complexity index is 429. The molecule has 1 aliphatic heterocycles. The van der Waals surface area contributed by atoms with Crippen LogP contribution in [0.25, 0.3) is 0 Å². The molecule has 0 unspecified atom stereocenters. The number of hydrogen-bond acceptors (Lipinski definition) is 4. The lowest BCUT2D eigenvalue weighted by atomic mass is 10.1. The van der Waals surface area contributed by atoms with Crippen LogP contribution in [0.2, 0.25) is 0 Å². The number of benzene rings is 1. The highest BCUT2D eigenvalue weighted by atomic mass is 16.8. The van der Waals surface area contributed by atoms with Gasteiger partial charge < -0.3 is 19.3 Å². The Morgan fingerprint density at radius 1 is 1.35 bits per heavy atom. The van der Waals surface area contributed by atoms with Crippen LogP contribution in [0.15, 0.2) is 43.0 Å². The summed E-state index contributed by atoms with van der Waals surface area (Å²) in [7, 11) is 0. The summed E-state index contributed by atoms with van der Waals surface area (Å²) in [6, 6.07) is 9.83. The van der Waals surface area contributed by atoms with Crippen LogP contribution in [0.4, 0.5) is 0 Å². The van der Waals surface area contributed by atoms with Gasteiger partial charge in [0.1, 0.15) is 18.3 Å². The zero-order valence-electron chi connectivity index (χ0n) is 12.0. The molecule has 1 aromatic carbocycles. The summed E-state index contributed by atoms with van der Waals surface area (Å²) in [5, 5.41) is 9.55. The highest BCUT2D eigenvalue weighted by Gasteiger charge is 2.44. The van der Waals surface area contributed by atoms with E-state index in [0.717, 1.165) is 5.56 Å². The number of ether oxygens (including phenoxy) is 3. The molecule has 2 rings (SSSR count). The van der Waals surface area contributed by atoms with Gasteiger partial charge in [-0.25, -0.2) is 0 Å². The number of rotatable bonds is 6. The molecular weight excluding hydrogens is 256 g/mol. The summed E-state index contributed by atoms with van der Waals surface area (Å²) in [5.41, 5.74) is 1.05. The zero-order chi connectivity index (χ0) is 14.6. The molecule has 0 radical (unpaired) electrons. The van der Waals surface area contributed by atoms with Gasteiger partial charge in [-0.2, -0.15) is 0 Å². The lowest BCUT2D eigenvalue weighted by molar-refractivity contribution is -0.163. The summed E-state index contributed by atoms with van der Waals surface area (Å²) in [5.74, 6) is -0.687. The minimum Gasteiger partial charge on any atom is -0.394 e. The van der Waals surface area contributed by atoms with Gasteiger partial charge >= 0.3 is 0 Å². The van der Waals surface area contributed by atoms with Crippen molar-refractivity contribution >= 4 is 0 Å². The van der Waals surface area contributed by atoms with Crippen molar-refractivity contribution < 1.29 is 19.3 Å². The molecule has 4 nitrogen and oxygen atoms in total. The van der Waals surface area contributed by atoms with E-state index in [2.05, 4.69) is 6.58 Å². The molecule has 0 aromatic heterocycles. The molecule has 0 aliphatic carbocycles. The molecule has 1 aliphatic rings. The number of hydrogen-bond donors (Lipinski definition) is 1. The van der Waals surface area contributed by atoms with E-state index in [-0.39, 0.29) is 18.8 Å². The predicted octanol–water partition coefficient (Wildman–Crippen LogP) is 2.27. The summed E-state index contributed by atoms with van der Waals surface area (Å²) in [6.07, 6.45) is 0.614. The van der Waals surface area contributed by atoms with Crippen molar-refractivity contribution in [1.82, 2.24) is 0 Å². The van der Waals surface area contributed by atoms with Crippen LogP contribution in [0.5, 0.6) is 0 Å². The van der Waals surface area contributed by atoms with Gasteiger partial charge in [-0.15, -0.1) is 6.58 Å². The highest BCUT2D eigenvalue weighted by molar-refractivity contribution is 5.13. The maximum absolute atomic E-state index is 9.55. The summed E-state index contributed by atoms with van der Waals surface area (Å²) >= 11 is 0. The Morgan fingerprint density at radius 3 is 2.65 bits per heavy atom. The van der Waals surface area contributed by atoms with E-state index in [1.165, 1.54) is 0 Å². The van der Waals surface area contributed by atoms with Crippen LogP contribution < -0.4 is 0 Å². The molecule has 1 saturated heterocycles. The molecule has 1 aromatic rings. The SMILES string of the molecule is C=C[C@@H]1OC(C)(C)O[C@@H]1[C@@H](CO)OCc1ccccc1. The first-order valence-electron chi connectivity index (χ1n) is 6.80. The van der Waals surface area contributed by atoms with Crippen molar-refractivity contribution in [2.75, 3.05) is 6.61 Å². The molecule has 1 fully saturated rings. The van der Waals surface area contributed by atoms with Gasteiger partial charge in [0.25, 0.3) is 0 Å². The molecule has 0 saturated carbocycles. The largest absolute Gasteiger partial charge is 0.394 e. The van der Waals surface area contributed by atoms with Crippen molar-refractivity contribution in [2.24, 2.45) is 0 Å². The number of aliphatic hydroxyl groups excluding tert-OH is 1.